The van der Waals surface area contributed by atoms with Crippen molar-refractivity contribution in [3.05, 3.63) is 41.2 Å². The molecule has 15 heavy (non-hydrogen) atoms. The van der Waals surface area contributed by atoms with E-state index in [1.165, 1.54) is 0 Å². The molecule has 0 saturated carbocycles. The van der Waals surface area contributed by atoms with Gasteiger partial charge in [0, 0.05) is 11.8 Å². The third-order valence-corrected chi connectivity index (χ3v) is 2.47. The lowest BCUT2D eigenvalue weighted by molar-refractivity contribution is -0.131. The molecule has 0 fully saturated rings. The van der Waals surface area contributed by atoms with Crippen molar-refractivity contribution in [2.75, 3.05) is 6.61 Å². The zero-order chi connectivity index (χ0) is 10.4. The third-order valence-electron chi connectivity index (χ3n) is 2.47. The van der Waals surface area contributed by atoms with Gasteiger partial charge in [0.2, 0.25) is 0 Å². The lowest BCUT2D eigenvalue weighted by Crippen LogP contribution is -1.97. The molecule has 0 unspecified atom stereocenters. The first kappa shape index (κ1) is 8.23. The maximum absolute atomic E-state index is 10.9. The van der Waals surface area contributed by atoms with Crippen molar-refractivity contribution in [3.63, 3.8) is 0 Å². The predicted molar refractivity (Wildman–Crippen MR) is 52.4 cm³/mol. The summed E-state index contributed by atoms with van der Waals surface area (Å²) >= 11 is 0. The summed E-state index contributed by atoms with van der Waals surface area (Å²) in [6, 6.07) is 3.57. The molecular weight excluding hydrogens is 194 g/mol. The SMILES string of the molecule is O=C(O)C1=C2C1=CCOc1cccnc12. The Labute approximate surface area is 85.5 Å². The van der Waals surface area contributed by atoms with Crippen LogP contribution in [0.5, 0.6) is 5.75 Å². The molecule has 1 N–H and O–H groups in total. The number of hydrogen-bond donors (Lipinski definition) is 1. The quantitative estimate of drug-likeness (QED) is 0.742. The molecule has 0 atom stereocenters. The highest BCUT2D eigenvalue weighted by atomic mass is 16.5. The third kappa shape index (κ3) is 1.08. The Morgan fingerprint density at radius 3 is 3.20 bits per heavy atom. The Kier molecular flexibility index (Phi) is 1.48. The standard InChI is InChI=1S/C11H7NO3/c13-11(14)9-6-3-5-15-7-2-1-4-12-10(7)8(6)9/h1-4H,5H2,(H,13,14). The smallest absolute Gasteiger partial charge is 0.337 e. The van der Waals surface area contributed by atoms with E-state index in [0.29, 0.717) is 23.6 Å². The molecule has 1 aromatic heterocycles. The minimum atomic E-state index is -0.894. The van der Waals surface area contributed by atoms with Crippen molar-refractivity contribution in [3.8, 4) is 5.75 Å². The van der Waals surface area contributed by atoms with E-state index < -0.39 is 5.97 Å². The second-order valence-corrected chi connectivity index (χ2v) is 3.33. The highest BCUT2D eigenvalue weighted by Crippen LogP contribution is 2.49. The van der Waals surface area contributed by atoms with E-state index >= 15 is 0 Å². The maximum Gasteiger partial charge on any atom is 0.337 e. The normalized spacial score (nSPS) is 16.9. The Morgan fingerprint density at radius 2 is 2.40 bits per heavy atom. The lowest BCUT2D eigenvalue weighted by atomic mass is 10.2. The number of aliphatic carboxylic acids is 1. The molecule has 0 radical (unpaired) electrons. The molecule has 0 saturated heterocycles. The molecule has 2 aliphatic rings. The van der Waals surface area contributed by atoms with Gasteiger partial charge >= 0.3 is 5.97 Å². The van der Waals surface area contributed by atoms with Gasteiger partial charge in [0.1, 0.15) is 18.1 Å². The lowest BCUT2D eigenvalue weighted by Gasteiger charge is -2.03. The number of ether oxygens (including phenoxy) is 1. The van der Waals surface area contributed by atoms with Crippen LogP contribution in [-0.4, -0.2) is 22.7 Å². The number of fused-ring (bicyclic) bond motifs is 3. The van der Waals surface area contributed by atoms with Crippen LogP contribution in [0.4, 0.5) is 0 Å². The van der Waals surface area contributed by atoms with E-state index in [1.54, 1.807) is 24.4 Å². The van der Waals surface area contributed by atoms with Crippen LogP contribution in [0.3, 0.4) is 0 Å². The first-order valence-electron chi connectivity index (χ1n) is 4.55. The summed E-state index contributed by atoms with van der Waals surface area (Å²) in [7, 11) is 0. The van der Waals surface area contributed by atoms with Crippen molar-refractivity contribution in [1.82, 2.24) is 4.98 Å². The monoisotopic (exact) mass is 201 g/mol. The van der Waals surface area contributed by atoms with E-state index in [-0.39, 0.29) is 0 Å². The van der Waals surface area contributed by atoms with Crippen LogP contribution >= 0.6 is 0 Å². The molecule has 1 aliphatic heterocycles. The predicted octanol–water partition coefficient (Wildman–Crippen LogP) is 1.25. The first-order chi connectivity index (χ1) is 7.29. The van der Waals surface area contributed by atoms with Crippen molar-refractivity contribution >= 4 is 11.5 Å². The fraction of sp³-hybridized carbons (Fsp3) is 0.0909. The van der Waals surface area contributed by atoms with E-state index in [1.807, 2.05) is 0 Å². The molecule has 0 amide bonds. The fourth-order valence-corrected chi connectivity index (χ4v) is 1.78. The number of rotatable bonds is 1. The number of carbonyl (C=O) groups is 1. The van der Waals surface area contributed by atoms with E-state index in [2.05, 4.69) is 4.98 Å². The van der Waals surface area contributed by atoms with Crippen molar-refractivity contribution in [2.24, 2.45) is 0 Å². The summed E-state index contributed by atoms with van der Waals surface area (Å²) in [5.41, 5.74) is 2.49. The minimum absolute atomic E-state index is 0.373. The van der Waals surface area contributed by atoms with Gasteiger partial charge in [-0.3, -0.25) is 4.98 Å². The number of pyridine rings is 1. The van der Waals surface area contributed by atoms with Gasteiger partial charge in [-0.15, -0.1) is 0 Å². The molecule has 0 aromatic carbocycles. The highest BCUT2D eigenvalue weighted by Gasteiger charge is 2.39. The number of carboxylic acid groups (broad SMARTS) is 1. The summed E-state index contributed by atoms with van der Waals surface area (Å²) in [5.74, 6) is -0.246. The average molecular weight is 201 g/mol. The molecule has 0 bridgehead atoms. The highest BCUT2D eigenvalue weighted by molar-refractivity contribution is 6.21. The van der Waals surface area contributed by atoms with Gasteiger partial charge in [0.25, 0.3) is 0 Å². The summed E-state index contributed by atoms with van der Waals surface area (Å²) in [6.45, 7) is 0.397. The van der Waals surface area contributed by atoms with E-state index in [9.17, 15) is 4.79 Å². The molecule has 2 heterocycles. The van der Waals surface area contributed by atoms with Gasteiger partial charge < -0.3 is 9.84 Å². The molecule has 4 heteroatoms. The molecule has 0 spiro atoms. The molecule has 4 nitrogen and oxygen atoms in total. The average Bonchev–Trinajstić information content (AvgIpc) is 2.92. The zero-order valence-corrected chi connectivity index (χ0v) is 7.73. The van der Waals surface area contributed by atoms with Crippen molar-refractivity contribution < 1.29 is 14.6 Å². The van der Waals surface area contributed by atoms with Gasteiger partial charge in [-0.2, -0.15) is 0 Å². The van der Waals surface area contributed by atoms with Crippen LogP contribution < -0.4 is 4.74 Å². The number of carboxylic acids is 1. The summed E-state index contributed by atoms with van der Waals surface area (Å²) in [4.78, 5) is 15.0. The number of hydrogen-bond acceptors (Lipinski definition) is 3. The molecule has 1 aliphatic carbocycles. The van der Waals surface area contributed by atoms with Gasteiger partial charge in [-0.25, -0.2) is 4.79 Å². The summed E-state index contributed by atoms with van der Waals surface area (Å²) in [5, 5.41) is 8.93. The van der Waals surface area contributed by atoms with Gasteiger partial charge in [-0.05, 0) is 23.8 Å². The minimum Gasteiger partial charge on any atom is -0.487 e. The Balaban J connectivity index is 2.19. The van der Waals surface area contributed by atoms with Crippen LogP contribution in [0.1, 0.15) is 5.69 Å². The van der Waals surface area contributed by atoms with Crippen LogP contribution in [-0.2, 0) is 4.79 Å². The maximum atomic E-state index is 10.9. The van der Waals surface area contributed by atoms with Gasteiger partial charge in [-0.1, -0.05) is 0 Å². The van der Waals surface area contributed by atoms with Crippen molar-refractivity contribution in [1.29, 1.82) is 0 Å². The molecular formula is C11H7NO3. The second kappa shape index (κ2) is 2.70. The fourth-order valence-electron chi connectivity index (χ4n) is 1.78. The Bertz CT molecular complexity index is 528. The van der Waals surface area contributed by atoms with Crippen LogP contribution in [0.2, 0.25) is 0 Å². The van der Waals surface area contributed by atoms with Crippen LogP contribution in [0.15, 0.2) is 35.6 Å². The van der Waals surface area contributed by atoms with Gasteiger partial charge in [0.05, 0.1) is 5.57 Å². The largest absolute Gasteiger partial charge is 0.487 e. The number of nitrogens with zero attached hydrogens (tertiary/aromatic N) is 1. The van der Waals surface area contributed by atoms with Gasteiger partial charge in [0.15, 0.2) is 0 Å². The molecule has 3 rings (SSSR count). The summed E-state index contributed by atoms with van der Waals surface area (Å²) in [6.07, 6.45) is 3.41. The topological polar surface area (TPSA) is 59.4 Å². The molecule has 74 valence electrons. The summed E-state index contributed by atoms with van der Waals surface area (Å²) < 4.78 is 5.41. The van der Waals surface area contributed by atoms with Crippen molar-refractivity contribution in [2.45, 2.75) is 0 Å². The first-order valence-corrected chi connectivity index (χ1v) is 4.55. The number of aromatic nitrogens is 1. The molecule has 1 aromatic rings. The Hall–Kier alpha value is -2.10. The number of allylic oxidation sites excluding steroid dienone is 1. The van der Waals surface area contributed by atoms with Crippen LogP contribution in [0.25, 0.3) is 5.57 Å². The second-order valence-electron chi connectivity index (χ2n) is 3.33. The van der Waals surface area contributed by atoms with E-state index in [0.717, 1.165) is 11.1 Å². The van der Waals surface area contributed by atoms with E-state index in [4.69, 9.17) is 9.84 Å². The Morgan fingerprint density at radius 1 is 1.53 bits per heavy atom. The van der Waals surface area contributed by atoms with Crippen LogP contribution in [0, 0.1) is 0 Å². The zero-order valence-electron chi connectivity index (χ0n) is 7.73.